The van der Waals surface area contributed by atoms with Gasteiger partial charge in [-0.15, -0.1) is 0 Å². The van der Waals surface area contributed by atoms with Crippen LogP contribution >= 0.6 is 0 Å². The molecule has 1 atom stereocenters. The molecule has 1 aliphatic rings. The summed E-state index contributed by atoms with van der Waals surface area (Å²) in [5.74, 6) is 0. The van der Waals surface area contributed by atoms with E-state index in [9.17, 15) is 4.79 Å². The first-order valence-electron chi connectivity index (χ1n) is 4.42. The topological polar surface area (TPSA) is 69.9 Å². The Balaban J connectivity index is 1.93. The Morgan fingerprint density at radius 1 is 1.54 bits per heavy atom. The number of hydrogen-bond donors (Lipinski definition) is 3. The van der Waals surface area contributed by atoms with Crippen LogP contribution in [0.1, 0.15) is 5.69 Å². The van der Waals surface area contributed by atoms with Gasteiger partial charge in [0.15, 0.2) is 0 Å². The van der Waals surface area contributed by atoms with Gasteiger partial charge < -0.3 is 15.2 Å². The maximum atomic E-state index is 10.8. The molecule has 0 aliphatic carbocycles. The molecule has 1 saturated heterocycles. The number of hydrogen-bond acceptors (Lipinski definition) is 3. The van der Waals surface area contributed by atoms with Gasteiger partial charge in [-0.05, 0) is 0 Å². The lowest BCUT2D eigenvalue weighted by Gasteiger charge is -2.22. The van der Waals surface area contributed by atoms with E-state index in [0.717, 1.165) is 25.3 Å². The first-order valence-corrected chi connectivity index (χ1v) is 4.42. The van der Waals surface area contributed by atoms with Crippen LogP contribution in [-0.4, -0.2) is 36.0 Å². The van der Waals surface area contributed by atoms with Gasteiger partial charge in [-0.3, -0.25) is 9.89 Å². The highest BCUT2D eigenvalue weighted by molar-refractivity contribution is 5.01. The van der Waals surface area contributed by atoms with Crippen LogP contribution < -0.4 is 10.9 Å². The molecule has 0 amide bonds. The highest BCUT2D eigenvalue weighted by atomic mass is 16.5. The van der Waals surface area contributed by atoms with Crippen molar-refractivity contribution in [2.45, 2.75) is 12.5 Å². The van der Waals surface area contributed by atoms with Crippen molar-refractivity contribution in [2.75, 3.05) is 19.8 Å². The Hall–Kier alpha value is -1.07. The van der Waals surface area contributed by atoms with E-state index in [2.05, 4.69) is 15.5 Å². The molecular formula is C8H13N3O2. The number of morpholine rings is 1. The van der Waals surface area contributed by atoms with Crippen molar-refractivity contribution in [3.8, 4) is 0 Å². The summed E-state index contributed by atoms with van der Waals surface area (Å²) in [7, 11) is 0. The van der Waals surface area contributed by atoms with Crippen molar-refractivity contribution in [2.24, 2.45) is 0 Å². The summed E-state index contributed by atoms with van der Waals surface area (Å²) in [6, 6.07) is 1.90. The number of rotatable bonds is 2. The molecule has 2 heterocycles. The minimum absolute atomic E-state index is 0.0771. The summed E-state index contributed by atoms with van der Waals surface area (Å²) in [6.07, 6.45) is 0.804. The number of aromatic amines is 2. The van der Waals surface area contributed by atoms with Crippen LogP contribution in [0, 0.1) is 0 Å². The van der Waals surface area contributed by atoms with E-state index in [1.165, 1.54) is 0 Å². The van der Waals surface area contributed by atoms with Crippen LogP contribution in [0.15, 0.2) is 10.9 Å². The lowest BCUT2D eigenvalue weighted by atomic mass is 10.1. The van der Waals surface area contributed by atoms with Crippen molar-refractivity contribution in [3.63, 3.8) is 0 Å². The molecule has 2 rings (SSSR count). The Morgan fingerprint density at radius 2 is 2.46 bits per heavy atom. The fraction of sp³-hybridized carbons (Fsp3) is 0.625. The molecular weight excluding hydrogens is 170 g/mol. The molecule has 1 unspecified atom stereocenters. The van der Waals surface area contributed by atoms with Gasteiger partial charge in [0, 0.05) is 30.8 Å². The molecule has 13 heavy (non-hydrogen) atoms. The van der Waals surface area contributed by atoms with E-state index < -0.39 is 0 Å². The molecule has 3 N–H and O–H groups in total. The van der Waals surface area contributed by atoms with Gasteiger partial charge >= 0.3 is 0 Å². The molecule has 0 radical (unpaired) electrons. The Kier molecular flexibility index (Phi) is 2.47. The highest BCUT2D eigenvalue weighted by Crippen LogP contribution is 2.00. The second-order valence-corrected chi connectivity index (χ2v) is 3.21. The lowest BCUT2D eigenvalue weighted by molar-refractivity contribution is 0.0767. The van der Waals surface area contributed by atoms with Crippen LogP contribution in [0.4, 0.5) is 0 Å². The Morgan fingerprint density at radius 3 is 3.08 bits per heavy atom. The average molecular weight is 183 g/mol. The van der Waals surface area contributed by atoms with E-state index in [1.54, 1.807) is 6.07 Å². The summed E-state index contributed by atoms with van der Waals surface area (Å²) in [4.78, 5) is 10.8. The number of nitrogens with one attached hydrogen (secondary N) is 3. The zero-order chi connectivity index (χ0) is 9.10. The smallest absolute Gasteiger partial charge is 0.264 e. The Bertz CT molecular complexity index is 311. The van der Waals surface area contributed by atoms with Gasteiger partial charge in [-0.2, -0.15) is 0 Å². The predicted octanol–water partition coefficient (Wildman–Crippen LogP) is -0.766. The zero-order valence-corrected chi connectivity index (χ0v) is 7.30. The lowest BCUT2D eigenvalue weighted by Crippen LogP contribution is -2.42. The van der Waals surface area contributed by atoms with Crippen molar-refractivity contribution >= 4 is 0 Å². The third-order valence-electron chi connectivity index (χ3n) is 2.12. The molecule has 1 aromatic heterocycles. The Labute approximate surface area is 75.5 Å². The van der Waals surface area contributed by atoms with E-state index >= 15 is 0 Å². The molecule has 0 bridgehead atoms. The van der Waals surface area contributed by atoms with E-state index in [1.807, 2.05) is 0 Å². The normalized spacial score (nSPS) is 23.2. The van der Waals surface area contributed by atoms with Crippen LogP contribution in [0.2, 0.25) is 0 Å². The maximum absolute atomic E-state index is 10.8. The first kappa shape index (κ1) is 8.52. The van der Waals surface area contributed by atoms with E-state index in [-0.39, 0.29) is 5.56 Å². The second kappa shape index (κ2) is 3.76. The number of H-pyrrole nitrogens is 2. The van der Waals surface area contributed by atoms with Crippen LogP contribution in [0.25, 0.3) is 0 Å². The van der Waals surface area contributed by atoms with Crippen molar-refractivity contribution in [1.82, 2.24) is 15.5 Å². The standard InChI is InChI=1S/C8H13N3O2/c12-8-4-6(10-11-8)3-7-5-13-2-1-9-7/h4,7,9H,1-3,5H2,(H2,10,11,12). The zero-order valence-electron chi connectivity index (χ0n) is 7.30. The predicted molar refractivity (Wildman–Crippen MR) is 47.7 cm³/mol. The van der Waals surface area contributed by atoms with Crippen LogP contribution in [0.3, 0.4) is 0 Å². The average Bonchev–Trinajstić information content (AvgIpc) is 2.53. The molecule has 0 spiro atoms. The van der Waals surface area contributed by atoms with Gasteiger partial charge in [-0.1, -0.05) is 0 Å². The van der Waals surface area contributed by atoms with Crippen molar-refractivity contribution in [3.05, 3.63) is 22.1 Å². The van der Waals surface area contributed by atoms with Gasteiger partial charge in [0.1, 0.15) is 0 Å². The van der Waals surface area contributed by atoms with Crippen LogP contribution in [-0.2, 0) is 11.2 Å². The minimum Gasteiger partial charge on any atom is -0.379 e. The SMILES string of the molecule is O=c1cc(CC2COCCN2)[nH][nH]1. The molecule has 0 saturated carbocycles. The fourth-order valence-corrected chi connectivity index (χ4v) is 1.50. The fourth-order valence-electron chi connectivity index (χ4n) is 1.50. The van der Waals surface area contributed by atoms with Crippen molar-refractivity contribution in [1.29, 1.82) is 0 Å². The number of aromatic nitrogens is 2. The third-order valence-corrected chi connectivity index (χ3v) is 2.12. The number of ether oxygens (including phenoxy) is 1. The van der Waals surface area contributed by atoms with Gasteiger partial charge in [0.25, 0.3) is 5.56 Å². The molecule has 0 aromatic carbocycles. The first-order chi connectivity index (χ1) is 6.34. The van der Waals surface area contributed by atoms with Crippen molar-refractivity contribution < 1.29 is 4.74 Å². The van der Waals surface area contributed by atoms with E-state index in [0.29, 0.717) is 12.6 Å². The minimum atomic E-state index is -0.0771. The molecule has 1 aliphatic heterocycles. The maximum Gasteiger partial charge on any atom is 0.264 e. The molecule has 1 aromatic rings. The third kappa shape index (κ3) is 2.19. The summed E-state index contributed by atoms with van der Waals surface area (Å²) < 4.78 is 5.30. The van der Waals surface area contributed by atoms with Gasteiger partial charge in [0.05, 0.1) is 13.2 Å². The molecule has 5 nitrogen and oxygen atoms in total. The highest BCUT2D eigenvalue weighted by Gasteiger charge is 2.13. The summed E-state index contributed by atoms with van der Waals surface area (Å²) in [5, 5.41) is 8.64. The monoisotopic (exact) mass is 183 g/mol. The van der Waals surface area contributed by atoms with Gasteiger partial charge in [-0.25, -0.2) is 0 Å². The quantitative estimate of drug-likeness (QED) is 0.564. The second-order valence-electron chi connectivity index (χ2n) is 3.21. The largest absolute Gasteiger partial charge is 0.379 e. The summed E-state index contributed by atoms with van der Waals surface area (Å²) in [5.41, 5.74) is 0.847. The molecule has 1 fully saturated rings. The molecule has 5 heteroatoms. The summed E-state index contributed by atoms with van der Waals surface area (Å²) >= 11 is 0. The van der Waals surface area contributed by atoms with E-state index in [4.69, 9.17) is 4.74 Å². The van der Waals surface area contributed by atoms with Gasteiger partial charge in [0.2, 0.25) is 0 Å². The van der Waals surface area contributed by atoms with Crippen LogP contribution in [0.5, 0.6) is 0 Å². The molecule has 72 valence electrons. The summed E-state index contributed by atoms with van der Waals surface area (Å²) in [6.45, 7) is 2.38.